The van der Waals surface area contributed by atoms with E-state index >= 15 is 0 Å². The summed E-state index contributed by atoms with van der Waals surface area (Å²) in [4.78, 5) is 13.2. The first-order chi connectivity index (χ1) is 12.1. The number of nitrogens with zero attached hydrogens (tertiary/aromatic N) is 4. The maximum Gasteiger partial charge on any atom is 0.223 e. The molecule has 0 aliphatic heterocycles. The molecule has 1 N–H and O–H groups in total. The highest BCUT2D eigenvalue weighted by molar-refractivity contribution is 5.81. The quantitative estimate of drug-likeness (QED) is 0.789. The summed E-state index contributed by atoms with van der Waals surface area (Å²) in [5.74, 6) is 0.319. The number of aromatic nitrogens is 4. The third-order valence-electron chi connectivity index (χ3n) is 4.30. The lowest BCUT2D eigenvalue weighted by Crippen LogP contribution is -2.14. The number of anilines is 1. The number of allylic oxidation sites excluding steroid dienone is 1. The standard InChI is InChI=1S/C19H20FN5/c1-12(2)23-19-22-10-15-14(5-3-4-6-17(15)24-19)13-9-16(20)18-21-7-8-25(18)11-13/h5,7-12H,3-4,6H2,1-2H3,(H,22,23,24). The Hall–Kier alpha value is -2.76. The van der Waals surface area contributed by atoms with Gasteiger partial charge in [-0.1, -0.05) is 6.08 Å². The van der Waals surface area contributed by atoms with Crippen LogP contribution in [0.25, 0.3) is 11.2 Å². The number of halogens is 1. The number of rotatable bonds is 3. The number of aryl methyl sites for hydroxylation is 1. The summed E-state index contributed by atoms with van der Waals surface area (Å²) in [6.45, 7) is 4.12. The van der Waals surface area contributed by atoms with Crippen LogP contribution < -0.4 is 5.32 Å². The van der Waals surface area contributed by atoms with Crippen molar-refractivity contribution in [2.24, 2.45) is 0 Å². The summed E-state index contributed by atoms with van der Waals surface area (Å²) in [5.41, 5.74) is 4.13. The molecule has 0 spiro atoms. The van der Waals surface area contributed by atoms with Gasteiger partial charge in [0.05, 0.1) is 5.69 Å². The van der Waals surface area contributed by atoms with Crippen molar-refractivity contribution < 1.29 is 4.39 Å². The molecule has 0 bridgehead atoms. The minimum Gasteiger partial charge on any atom is -0.352 e. The van der Waals surface area contributed by atoms with Crippen molar-refractivity contribution in [3.05, 3.63) is 59.6 Å². The first-order valence-corrected chi connectivity index (χ1v) is 8.57. The van der Waals surface area contributed by atoms with Crippen LogP contribution in [0.15, 0.2) is 36.9 Å². The van der Waals surface area contributed by atoms with Crippen molar-refractivity contribution in [1.82, 2.24) is 19.4 Å². The maximum atomic E-state index is 14.4. The molecular weight excluding hydrogens is 317 g/mol. The molecule has 1 aliphatic carbocycles. The Labute approximate surface area is 145 Å². The monoisotopic (exact) mass is 337 g/mol. The molecule has 5 nitrogen and oxygen atoms in total. The maximum absolute atomic E-state index is 14.4. The van der Waals surface area contributed by atoms with Gasteiger partial charge in [-0.25, -0.2) is 19.3 Å². The molecule has 3 aromatic heterocycles. The van der Waals surface area contributed by atoms with Gasteiger partial charge in [0.15, 0.2) is 11.5 Å². The van der Waals surface area contributed by atoms with Crippen LogP contribution in [0.4, 0.5) is 10.3 Å². The first kappa shape index (κ1) is 15.7. The van der Waals surface area contributed by atoms with Crippen LogP contribution in [-0.4, -0.2) is 25.4 Å². The van der Waals surface area contributed by atoms with Gasteiger partial charge in [0.25, 0.3) is 0 Å². The minimum absolute atomic E-state index is 0.275. The second-order valence-corrected chi connectivity index (χ2v) is 6.60. The van der Waals surface area contributed by atoms with E-state index in [1.54, 1.807) is 22.9 Å². The van der Waals surface area contributed by atoms with Crippen molar-refractivity contribution in [3.8, 4) is 0 Å². The zero-order valence-corrected chi connectivity index (χ0v) is 14.3. The van der Waals surface area contributed by atoms with Crippen LogP contribution in [0.5, 0.6) is 0 Å². The highest BCUT2D eigenvalue weighted by Crippen LogP contribution is 2.31. The molecule has 6 heteroatoms. The van der Waals surface area contributed by atoms with Gasteiger partial charge in [-0.3, -0.25) is 0 Å². The highest BCUT2D eigenvalue weighted by Gasteiger charge is 2.18. The Kier molecular flexibility index (Phi) is 3.95. The topological polar surface area (TPSA) is 55.1 Å². The first-order valence-electron chi connectivity index (χ1n) is 8.57. The Morgan fingerprint density at radius 3 is 3.00 bits per heavy atom. The molecule has 3 aromatic rings. The summed E-state index contributed by atoms with van der Waals surface area (Å²) < 4.78 is 16.1. The number of fused-ring (bicyclic) bond motifs is 2. The van der Waals surface area contributed by atoms with Gasteiger partial charge < -0.3 is 9.72 Å². The van der Waals surface area contributed by atoms with E-state index in [0.29, 0.717) is 11.6 Å². The second kappa shape index (κ2) is 6.27. The Balaban J connectivity index is 1.81. The van der Waals surface area contributed by atoms with Crippen LogP contribution >= 0.6 is 0 Å². The average molecular weight is 337 g/mol. The van der Waals surface area contributed by atoms with Crippen molar-refractivity contribution >= 4 is 17.2 Å². The number of nitrogens with one attached hydrogen (secondary N) is 1. The van der Waals surface area contributed by atoms with Crippen molar-refractivity contribution in [3.63, 3.8) is 0 Å². The fraction of sp³-hybridized carbons (Fsp3) is 0.316. The molecule has 128 valence electrons. The predicted octanol–water partition coefficient (Wildman–Crippen LogP) is 3.85. The molecule has 0 aromatic carbocycles. The predicted molar refractivity (Wildman–Crippen MR) is 96.0 cm³/mol. The summed E-state index contributed by atoms with van der Waals surface area (Å²) in [7, 11) is 0. The highest BCUT2D eigenvalue weighted by atomic mass is 19.1. The molecule has 0 amide bonds. The van der Waals surface area contributed by atoms with E-state index in [2.05, 4.69) is 40.2 Å². The van der Waals surface area contributed by atoms with Gasteiger partial charge in [-0.05, 0) is 44.7 Å². The molecule has 4 rings (SSSR count). The van der Waals surface area contributed by atoms with E-state index in [0.717, 1.165) is 41.7 Å². The van der Waals surface area contributed by atoms with E-state index in [1.165, 1.54) is 0 Å². The van der Waals surface area contributed by atoms with Gasteiger partial charge in [-0.2, -0.15) is 0 Å². The lowest BCUT2D eigenvalue weighted by Gasteiger charge is -2.14. The van der Waals surface area contributed by atoms with Gasteiger partial charge in [0, 0.05) is 42.0 Å². The fourth-order valence-electron chi connectivity index (χ4n) is 3.20. The van der Waals surface area contributed by atoms with Crippen LogP contribution in [0.2, 0.25) is 0 Å². The number of pyridine rings is 1. The van der Waals surface area contributed by atoms with E-state index in [1.807, 2.05) is 12.4 Å². The van der Waals surface area contributed by atoms with Gasteiger partial charge in [0.2, 0.25) is 5.95 Å². The largest absolute Gasteiger partial charge is 0.352 e. The molecular formula is C19H20FN5. The van der Waals surface area contributed by atoms with E-state index in [9.17, 15) is 4.39 Å². The second-order valence-electron chi connectivity index (χ2n) is 6.60. The lowest BCUT2D eigenvalue weighted by molar-refractivity contribution is 0.629. The van der Waals surface area contributed by atoms with Crippen LogP contribution in [0, 0.1) is 5.82 Å². The molecule has 0 saturated heterocycles. The van der Waals surface area contributed by atoms with Crippen molar-refractivity contribution in [2.75, 3.05) is 5.32 Å². The number of hydrogen-bond acceptors (Lipinski definition) is 4. The zero-order valence-electron chi connectivity index (χ0n) is 14.3. The Bertz CT molecular complexity index is 958. The zero-order chi connectivity index (χ0) is 17.4. The molecule has 0 radical (unpaired) electrons. The summed E-state index contributed by atoms with van der Waals surface area (Å²) in [6.07, 6.45) is 12.1. The van der Waals surface area contributed by atoms with Crippen molar-refractivity contribution in [2.45, 2.75) is 39.2 Å². The molecule has 1 aliphatic rings. The summed E-state index contributed by atoms with van der Waals surface area (Å²) >= 11 is 0. The molecule has 3 heterocycles. The molecule has 0 fully saturated rings. The number of imidazole rings is 1. The third kappa shape index (κ3) is 2.99. The molecule has 0 unspecified atom stereocenters. The van der Waals surface area contributed by atoms with Gasteiger partial charge in [-0.15, -0.1) is 0 Å². The van der Waals surface area contributed by atoms with Crippen LogP contribution in [-0.2, 0) is 6.42 Å². The van der Waals surface area contributed by atoms with Crippen molar-refractivity contribution in [1.29, 1.82) is 0 Å². The summed E-state index contributed by atoms with van der Waals surface area (Å²) in [5, 5.41) is 3.25. The minimum atomic E-state index is -0.326. The lowest BCUT2D eigenvalue weighted by atomic mass is 9.99. The molecule has 0 atom stereocenters. The third-order valence-corrected chi connectivity index (χ3v) is 4.30. The average Bonchev–Trinajstić information content (AvgIpc) is 2.95. The van der Waals surface area contributed by atoms with Gasteiger partial charge in [0.1, 0.15) is 0 Å². The molecule has 0 saturated carbocycles. The van der Waals surface area contributed by atoms with Gasteiger partial charge >= 0.3 is 0 Å². The SMILES string of the molecule is CC(C)Nc1ncc2c(n1)CCCC=C2c1cc(F)c2nccn2c1. The smallest absolute Gasteiger partial charge is 0.223 e. The van der Waals surface area contributed by atoms with E-state index in [4.69, 9.17) is 0 Å². The summed E-state index contributed by atoms with van der Waals surface area (Å²) in [6, 6.07) is 1.82. The Morgan fingerprint density at radius 2 is 2.16 bits per heavy atom. The van der Waals surface area contributed by atoms with Crippen LogP contribution in [0.3, 0.4) is 0 Å². The van der Waals surface area contributed by atoms with Crippen LogP contribution in [0.1, 0.15) is 43.5 Å². The normalized spacial score (nSPS) is 14.3. The number of hydrogen-bond donors (Lipinski definition) is 1. The van der Waals surface area contributed by atoms with E-state index in [-0.39, 0.29) is 11.9 Å². The Morgan fingerprint density at radius 1 is 1.28 bits per heavy atom. The van der Waals surface area contributed by atoms with E-state index < -0.39 is 0 Å². The molecule has 25 heavy (non-hydrogen) atoms. The fourth-order valence-corrected chi connectivity index (χ4v) is 3.20.